The van der Waals surface area contributed by atoms with Crippen LogP contribution in [0.2, 0.25) is 0 Å². The maximum Gasteiger partial charge on any atom is 0.320 e. The van der Waals surface area contributed by atoms with E-state index in [9.17, 15) is 9.59 Å². The monoisotopic (exact) mass is 268 g/mol. The summed E-state index contributed by atoms with van der Waals surface area (Å²) in [7, 11) is 0. The van der Waals surface area contributed by atoms with Gasteiger partial charge < -0.3 is 14.9 Å². The fourth-order valence-corrected chi connectivity index (χ4v) is 2.62. The van der Waals surface area contributed by atoms with Crippen LogP contribution in [0.15, 0.2) is 0 Å². The minimum Gasteiger partial charge on any atom is -0.481 e. The molecule has 0 unspecified atom stereocenters. The molecule has 1 N–H and O–H groups in total. The molecular weight excluding hydrogens is 244 g/mol. The molecule has 0 radical (unpaired) electrons. The van der Waals surface area contributed by atoms with Gasteiger partial charge in [-0.05, 0) is 45.4 Å². The molecule has 1 heterocycles. The largest absolute Gasteiger partial charge is 0.481 e. The third-order valence-corrected chi connectivity index (χ3v) is 4.06. The van der Waals surface area contributed by atoms with Gasteiger partial charge in [0.2, 0.25) is 0 Å². The number of piperidine rings is 1. The van der Waals surface area contributed by atoms with Crippen LogP contribution in [0.5, 0.6) is 0 Å². The number of carboxylic acids is 1. The lowest BCUT2D eigenvalue weighted by molar-refractivity contribution is -0.143. The van der Waals surface area contributed by atoms with Gasteiger partial charge in [0.25, 0.3) is 0 Å². The fraction of sp³-hybridized carbons (Fsp3) is 0.857. The Bertz CT molecular complexity index is 353. The van der Waals surface area contributed by atoms with Crippen LogP contribution < -0.4 is 0 Å². The highest BCUT2D eigenvalue weighted by atomic mass is 16.4. The lowest BCUT2D eigenvalue weighted by Crippen LogP contribution is -2.51. The van der Waals surface area contributed by atoms with Gasteiger partial charge in [-0.3, -0.25) is 4.79 Å². The molecule has 1 aliphatic heterocycles. The Kier molecular flexibility index (Phi) is 4.32. The summed E-state index contributed by atoms with van der Waals surface area (Å²) in [6.45, 7) is 5.93. The third-order valence-electron chi connectivity index (χ3n) is 4.06. The standard InChI is InChI=1S/C14H24N2O3/c1-10(2)16(8-11-5-6-11)14(19)15-7-3-4-12(9-15)13(17)18/h10-12H,3-9H2,1-2H3,(H,17,18)/t12-/m0/s1. The molecule has 19 heavy (non-hydrogen) atoms. The predicted octanol–water partition coefficient (Wildman–Crippen LogP) is 2.02. The number of rotatable bonds is 4. The molecule has 1 saturated carbocycles. The molecule has 1 atom stereocenters. The smallest absolute Gasteiger partial charge is 0.320 e. The van der Waals surface area contributed by atoms with Crippen molar-refractivity contribution in [3.05, 3.63) is 0 Å². The van der Waals surface area contributed by atoms with E-state index in [-0.39, 0.29) is 12.1 Å². The van der Waals surface area contributed by atoms with Crippen LogP contribution in [-0.4, -0.2) is 52.6 Å². The summed E-state index contributed by atoms with van der Waals surface area (Å²) in [6, 6.07) is 0.200. The molecule has 0 aromatic heterocycles. The van der Waals surface area contributed by atoms with Crippen molar-refractivity contribution in [1.29, 1.82) is 0 Å². The number of nitrogens with zero attached hydrogens (tertiary/aromatic N) is 2. The van der Waals surface area contributed by atoms with Crippen molar-refractivity contribution in [2.24, 2.45) is 11.8 Å². The number of hydrogen-bond acceptors (Lipinski definition) is 2. The molecule has 5 nitrogen and oxygen atoms in total. The molecule has 2 fully saturated rings. The first kappa shape index (κ1) is 14.2. The molecule has 0 aromatic carbocycles. The second-order valence-corrected chi connectivity index (χ2v) is 6.10. The molecule has 2 amide bonds. The van der Waals surface area contributed by atoms with E-state index < -0.39 is 11.9 Å². The van der Waals surface area contributed by atoms with Crippen molar-refractivity contribution in [1.82, 2.24) is 9.80 Å². The molecule has 0 bridgehead atoms. The van der Waals surface area contributed by atoms with E-state index >= 15 is 0 Å². The van der Waals surface area contributed by atoms with Gasteiger partial charge in [0.1, 0.15) is 0 Å². The number of carbonyl (C=O) groups excluding carboxylic acids is 1. The van der Waals surface area contributed by atoms with Gasteiger partial charge in [-0.25, -0.2) is 4.79 Å². The Hall–Kier alpha value is -1.26. The first-order chi connectivity index (χ1) is 8.99. The quantitative estimate of drug-likeness (QED) is 0.848. The van der Waals surface area contributed by atoms with Gasteiger partial charge in [-0.1, -0.05) is 0 Å². The fourth-order valence-electron chi connectivity index (χ4n) is 2.62. The van der Waals surface area contributed by atoms with Gasteiger partial charge in [0.15, 0.2) is 0 Å². The molecule has 1 aliphatic carbocycles. The summed E-state index contributed by atoms with van der Waals surface area (Å²) in [5, 5.41) is 9.09. The number of aliphatic carboxylic acids is 1. The molecular formula is C14H24N2O3. The molecule has 1 saturated heterocycles. The van der Waals surface area contributed by atoms with Crippen molar-refractivity contribution in [3.63, 3.8) is 0 Å². The first-order valence-corrected chi connectivity index (χ1v) is 7.27. The summed E-state index contributed by atoms with van der Waals surface area (Å²) in [5.74, 6) is -0.519. The normalized spacial score (nSPS) is 23.5. The Morgan fingerprint density at radius 3 is 2.53 bits per heavy atom. The Labute approximate surface area is 114 Å². The Morgan fingerprint density at radius 2 is 2.00 bits per heavy atom. The highest BCUT2D eigenvalue weighted by molar-refractivity contribution is 5.77. The topological polar surface area (TPSA) is 60.9 Å². The molecule has 2 aliphatic rings. The summed E-state index contributed by atoms with van der Waals surface area (Å²) >= 11 is 0. The van der Waals surface area contributed by atoms with Gasteiger partial charge in [0.05, 0.1) is 5.92 Å². The van der Waals surface area contributed by atoms with E-state index in [1.165, 1.54) is 12.8 Å². The first-order valence-electron chi connectivity index (χ1n) is 7.27. The van der Waals surface area contributed by atoms with Crippen molar-refractivity contribution in [2.75, 3.05) is 19.6 Å². The summed E-state index contributed by atoms with van der Waals surface area (Å²) in [6.07, 6.45) is 3.91. The molecule has 108 valence electrons. The summed E-state index contributed by atoms with van der Waals surface area (Å²) in [4.78, 5) is 27.2. The van der Waals surface area contributed by atoms with Gasteiger partial charge in [-0.15, -0.1) is 0 Å². The summed E-state index contributed by atoms with van der Waals surface area (Å²) in [5.41, 5.74) is 0. The van der Waals surface area contributed by atoms with Crippen LogP contribution in [-0.2, 0) is 4.79 Å². The highest BCUT2D eigenvalue weighted by Gasteiger charge is 2.34. The number of amides is 2. The average Bonchev–Trinajstić information content (AvgIpc) is 3.19. The van der Waals surface area contributed by atoms with Crippen LogP contribution in [0.3, 0.4) is 0 Å². The van der Waals surface area contributed by atoms with Gasteiger partial charge in [-0.2, -0.15) is 0 Å². The maximum atomic E-state index is 12.5. The van der Waals surface area contributed by atoms with Crippen molar-refractivity contribution in [2.45, 2.75) is 45.6 Å². The van der Waals surface area contributed by atoms with E-state index in [0.29, 0.717) is 25.4 Å². The second-order valence-electron chi connectivity index (χ2n) is 6.10. The van der Waals surface area contributed by atoms with Crippen molar-refractivity contribution >= 4 is 12.0 Å². The third kappa shape index (κ3) is 3.61. The zero-order valence-electron chi connectivity index (χ0n) is 11.8. The minimum atomic E-state index is -0.782. The highest BCUT2D eigenvalue weighted by Crippen LogP contribution is 2.31. The van der Waals surface area contributed by atoms with Crippen LogP contribution >= 0.6 is 0 Å². The molecule has 5 heteroatoms. The van der Waals surface area contributed by atoms with E-state index in [0.717, 1.165) is 13.0 Å². The van der Waals surface area contributed by atoms with Gasteiger partial charge in [0, 0.05) is 25.7 Å². The summed E-state index contributed by atoms with van der Waals surface area (Å²) < 4.78 is 0. The zero-order valence-corrected chi connectivity index (χ0v) is 11.8. The van der Waals surface area contributed by atoms with E-state index in [2.05, 4.69) is 0 Å². The van der Waals surface area contributed by atoms with E-state index in [4.69, 9.17) is 5.11 Å². The van der Waals surface area contributed by atoms with Crippen LogP contribution in [0, 0.1) is 11.8 Å². The SMILES string of the molecule is CC(C)N(CC1CC1)C(=O)N1CCC[C@H](C(=O)O)C1. The van der Waals surface area contributed by atoms with E-state index in [1.54, 1.807) is 4.90 Å². The van der Waals surface area contributed by atoms with Crippen LogP contribution in [0.4, 0.5) is 4.79 Å². The van der Waals surface area contributed by atoms with E-state index in [1.807, 2.05) is 18.7 Å². The van der Waals surface area contributed by atoms with Crippen LogP contribution in [0.1, 0.15) is 39.5 Å². The number of likely N-dealkylation sites (tertiary alicyclic amines) is 1. The van der Waals surface area contributed by atoms with Crippen LogP contribution in [0.25, 0.3) is 0 Å². The second kappa shape index (κ2) is 5.80. The lowest BCUT2D eigenvalue weighted by Gasteiger charge is -2.37. The van der Waals surface area contributed by atoms with Crippen molar-refractivity contribution in [3.8, 4) is 0 Å². The molecule has 0 aromatic rings. The lowest BCUT2D eigenvalue weighted by atomic mass is 9.98. The minimum absolute atomic E-state index is 0.0212. The Balaban J connectivity index is 1.97. The average molecular weight is 268 g/mol. The number of urea groups is 1. The number of carboxylic acid groups (broad SMARTS) is 1. The zero-order chi connectivity index (χ0) is 14.0. The number of hydrogen-bond donors (Lipinski definition) is 1. The molecule has 0 spiro atoms. The Morgan fingerprint density at radius 1 is 1.32 bits per heavy atom. The number of carbonyl (C=O) groups is 2. The van der Waals surface area contributed by atoms with Gasteiger partial charge >= 0.3 is 12.0 Å². The predicted molar refractivity (Wildman–Crippen MR) is 71.9 cm³/mol. The van der Waals surface area contributed by atoms with Crippen molar-refractivity contribution < 1.29 is 14.7 Å². The molecule has 2 rings (SSSR count). The maximum absolute atomic E-state index is 12.5.